The van der Waals surface area contributed by atoms with Crippen LogP contribution in [0.1, 0.15) is 12.5 Å². The largest absolute Gasteiger partial charge is 0.368 e. The lowest BCUT2D eigenvalue weighted by Gasteiger charge is -2.11. The first kappa shape index (κ1) is 14.6. The summed E-state index contributed by atoms with van der Waals surface area (Å²) >= 11 is 0. The van der Waals surface area contributed by atoms with Crippen LogP contribution < -0.4 is 16.4 Å². The lowest BCUT2D eigenvalue weighted by molar-refractivity contribution is -0.137. The smallest absolute Gasteiger partial charge is 0.313 e. The first-order valence-electron chi connectivity index (χ1n) is 5.49. The second kappa shape index (κ2) is 5.94. The molecule has 1 atom stereocenters. The number of nitrogens with one attached hydrogen (secondary N) is 2. The molecule has 4 N–H and O–H groups in total. The van der Waals surface area contributed by atoms with Crippen molar-refractivity contribution in [2.75, 3.05) is 5.32 Å². The molecule has 0 saturated carbocycles. The van der Waals surface area contributed by atoms with E-state index in [2.05, 4.69) is 10.6 Å². The highest BCUT2D eigenvalue weighted by atomic mass is 19.1. The molecule has 3 amide bonds. The van der Waals surface area contributed by atoms with Crippen molar-refractivity contribution in [2.45, 2.75) is 19.9 Å². The Balaban J connectivity index is 2.75. The normalized spacial score (nSPS) is 11.5. The summed E-state index contributed by atoms with van der Waals surface area (Å²) in [4.78, 5) is 33.7. The molecule has 0 aromatic heterocycles. The van der Waals surface area contributed by atoms with Crippen LogP contribution in [0, 0.1) is 12.7 Å². The number of benzene rings is 1. The van der Waals surface area contributed by atoms with E-state index in [0.29, 0.717) is 5.56 Å². The minimum absolute atomic E-state index is 0.0746. The quantitative estimate of drug-likeness (QED) is 0.675. The van der Waals surface area contributed by atoms with E-state index in [0.717, 1.165) is 6.07 Å². The van der Waals surface area contributed by atoms with E-state index in [1.807, 2.05) is 0 Å². The molecular weight excluding hydrogens is 253 g/mol. The number of para-hydroxylation sites is 1. The maximum absolute atomic E-state index is 13.4. The second-order valence-electron chi connectivity index (χ2n) is 3.98. The molecule has 0 saturated heterocycles. The number of anilines is 1. The third-order valence-corrected chi connectivity index (χ3v) is 2.44. The van der Waals surface area contributed by atoms with Gasteiger partial charge >= 0.3 is 11.8 Å². The maximum Gasteiger partial charge on any atom is 0.313 e. The van der Waals surface area contributed by atoms with Crippen molar-refractivity contribution in [1.82, 2.24) is 5.32 Å². The van der Waals surface area contributed by atoms with Crippen LogP contribution in [0.5, 0.6) is 0 Å². The number of primary amides is 1. The predicted octanol–water partition coefficient (Wildman–Crippen LogP) is 0.0626. The number of nitrogens with two attached hydrogens (primary N) is 1. The van der Waals surface area contributed by atoms with Crippen LogP contribution in [0.15, 0.2) is 18.2 Å². The molecule has 102 valence electrons. The van der Waals surface area contributed by atoms with Crippen molar-refractivity contribution in [3.8, 4) is 0 Å². The van der Waals surface area contributed by atoms with Crippen LogP contribution in [-0.4, -0.2) is 23.8 Å². The van der Waals surface area contributed by atoms with Crippen LogP contribution in [0.2, 0.25) is 0 Å². The molecule has 0 radical (unpaired) electrons. The van der Waals surface area contributed by atoms with E-state index < -0.39 is 29.6 Å². The fourth-order valence-corrected chi connectivity index (χ4v) is 1.29. The first-order chi connectivity index (χ1) is 8.82. The standard InChI is InChI=1S/C12H14FN3O3/c1-6-4-3-5-8(13)9(6)16-12(19)11(18)15-7(2)10(14)17/h3-5,7H,1-2H3,(H2,14,17)(H,15,18)(H,16,19)/t7-/m0/s1. The first-order valence-corrected chi connectivity index (χ1v) is 5.49. The summed E-state index contributed by atoms with van der Waals surface area (Å²) in [7, 11) is 0. The molecule has 6 nitrogen and oxygen atoms in total. The Morgan fingerprint density at radius 1 is 1.26 bits per heavy atom. The number of hydrogen-bond acceptors (Lipinski definition) is 3. The van der Waals surface area contributed by atoms with Crippen molar-refractivity contribution in [1.29, 1.82) is 0 Å². The van der Waals surface area contributed by atoms with E-state index in [-0.39, 0.29) is 5.69 Å². The zero-order valence-corrected chi connectivity index (χ0v) is 10.5. The third-order valence-electron chi connectivity index (χ3n) is 2.44. The van der Waals surface area contributed by atoms with Gasteiger partial charge in [-0.25, -0.2) is 4.39 Å². The van der Waals surface area contributed by atoms with Crippen molar-refractivity contribution in [3.05, 3.63) is 29.6 Å². The van der Waals surface area contributed by atoms with Gasteiger partial charge in [0.2, 0.25) is 5.91 Å². The monoisotopic (exact) mass is 267 g/mol. The number of amides is 3. The number of halogens is 1. The highest BCUT2D eigenvalue weighted by molar-refractivity contribution is 6.40. The van der Waals surface area contributed by atoms with Gasteiger partial charge in [-0.3, -0.25) is 14.4 Å². The number of carbonyl (C=O) groups is 3. The zero-order chi connectivity index (χ0) is 14.6. The molecule has 1 rings (SSSR count). The van der Waals surface area contributed by atoms with Crippen LogP contribution in [-0.2, 0) is 14.4 Å². The molecule has 0 aliphatic rings. The lowest BCUT2D eigenvalue weighted by atomic mass is 10.2. The van der Waals surface area contributed by atoms with Gasteiger partial charge in [-0.2, -0.15) is 0 Å². The molecule has 0 spiro atoms. The van der Waals surface area contributed by atoms with Crippen LogP contribution in [0.25, 0.3) is 0 Å². The number of carbonyl (C=O) groups excluding carboxylic acids is 3. The number of hydrogen-bond donors (Lipinski definition) is 3. The fraction of sp³-hybridized carbons (Fsp3) is 0.250. The molecule has 7 heteroatoms. The summed E-state index contributed by atoms with van der Waals surface area (Å²) in [5.74, 6) is -3.55. The topological polar surface area (TPSA) is 101 Å². The Morgan fingerprint density at radius 3 is 2.42 bits per heavy atom. The van der Waals surface area contributed by atoms with Gasteiger partial charge in [0.1, 0.15) is 11.9 Å². The summed E-state index contributed by atoms with van der Waals surface area (Å²) in [5.41, 5.74) is 5.34. The summed E-state index contributed by atoms with van der Waals surface area (Å²) in [6, 6.07) is 3.24. The highest BCUT2D eigenvalue weighted by Crippen LogP contribution is 2.18. The third kappa shape index (κ3) is 3.77. The number of rotatable bonds is 3. The molecule has 0 fully saturated rings. The minimum Gasteiger partial charge on any atom is -0.368 e. The van der Waals surface area contributed by atoms with Crippen molar-refractivity contribution in [3.63, 3.8) is 0 Å². The molecule has 0 bridgehead atoms. The Morgan fingerprint density at radius 2 is 1.89 bits per heavy atom. The van der Waals surface area contributed by atoms with Gasteiger partial charge in [0.15, 0.2) is 0 Å². The van der Waals surface area contributed by atoms with Crippen molar-refractivity contribution in [2.24, 2.45) is 5.73 Å². The summed E-state index contributed by atoms with van der Waals surface area (Å²) in [5, 5.41) is 4.23. The van der Waals surface area contributed by atoms with Gasteiger partial charge in [0.05, 0.1) is 5.69 Å². The molecule has 1 aromatic carbocycles. The SMILES string of the molecule is Cc1cccc(F)c1NC(=O)C(=O)N[C@@H](C)C(N)=O. The minimum atomic E-state index is -1.07. The highest BCUT2D eigenvalue weighted by Gasteiger charge is 2.20. The Kier molecular flexibility index (Phi) is 4.57. The molecule has 19 heavy (non-hydrogen) atoms. The van der Waals surface area contributed by atoms with Crippen LogP contribution >= 0.6 is 0 Å². The summed E-state index contributed by atoms with van der Waals surface area (Å²) in [6.07, 6.45) is 0. The maximum atomic E-state index is 13.4. The van der Waals surface area contributed by atoms with Gasteiger partial charge in [0, 0.05) is 0 Å². The van der Waals surface area contributed by atoms with Gasteiger partial charge in [-0.05, 0) is 25.5 Å². The molecule has 0 aliphatic carbocycles. The van der Waals surface area contributed by atoms with Gasteiger partial charge in [-0.15, -0.1) is 0 Å². The van der Waals surface area contributed by atoms with Gasteiger partial charge in [-0.1, -0.05) is 12.1 Å². The van der Waals surface area contributed by atoms with Crippen molar-refractivity contribution >= 4 is 23.4 Å². The van der Waals surface area contributed by atoms with E-state index in [9.17, 15) is 18.8 Å². The van der Waals surface area contributed by atoms with E-state index in [4.69, 9.17) is 5.73 Å². The average molecular weight is 267 g/mol. The Hall–Kier alpha value is -2.44. The Labute approximate surface area is 109 Å². The summed E-state index contributed by atoms with van der Waals surface area (Å²) in [6.45, 7) is 2.92. The van der Waals surface area contributed by atoms with E-state index in [1.54, 1.807) is 13.0 Å². The molecule has 0 unspecified atom stereocenters. The molecule has 0 aliphatic heterocycles. The zero-order valence-electron chi connectivity index (χ0n) is 10.5. The lowest BCUT2D eigenvalue weighted by Crippen LogP contribution is -2.46. The second-order valence-corrected chi connectivity index (χ2v) is 3.98. The molecular formula is C12H14FN3O3. The van der Waals surface area contributed by atoms with E-state index in [1.165, 1.54) is 13.0 Å². The predicted molar refractivity (Wildman–Crippen MR) is 66.6 cm³/mol. The van der Waals surface area contributed by atoms with Crippen molar-refractivity contribution < 1.29 is 18.8 Å². The average Bonchev–Trinajstić information content (AvgIpc) is 2.33. The van der Waals surface area contributed by atoms with Crippen LogP contribution in [0.4, 0.5) is 10.1 Å². The Bertz CT molecular complexity index is 511. The molecule has 0 heterocycles. The van der Waals surface area contributed by atoms with Gasteiger partial charge in [0.25, 0.3) is 0 Å². The summed E-state index contributed by atoms with van der Waals surface area (Å²) < 4.78 is 13.4. The van der Waals surface area contributed by atoms with E-state index >= 15 is 0 Å². The molecule has 1 aromatic rings. The number of aryl methyl sites for hydroxylation is 1. The fourth-order valence-electron chi connectivity index (χ4n) is 1.29. The van der Waals surface area contributed by atoms with Crippen LogP contribution in [0.3, 0.4) is 0 Å². The van der Waals surface area contributed by atoms with Gasteiger partial charge < -0.3 is 16.4 Å².